The van der Waals surface area contributed by atoms with Crippen LogP contribution in [0.5, 0.6) is 0 Å². The molecule has 3 heteroatoms. The predicted molar refractivity (Wildman–Crippen MR) is 65.8 cm³/mol. The minimum atomic E-state index is -0.918. The Morgan fingerprint density at radius 3 is 2.38 bits per heavy atom. The van der Waals surface area contributed by atoms with Crippen LogP contribution in [0.4, 0.5) is 0 Å². The van der Waals surface area contributed by atoms with E-state index in [1.807, 2.05) is 6.07 Å². The fraction of sp³-hybridized carbons (Fsp3) is 0.846. The van der Waals surface area contributed by atoms with Crippen LogP contribution in [0.15, 0.2) is 0 Å². The van der Waals surface area contributed by atoms with Crippen molar-refractivity contribution in [2.45, 2.75) is 65.8 Å². The van der Waals surface area contributed by atoms with Crippen LogP contribution in [0.2, 0.25) is 0 Å². The van der Waals surface area contributed by atoms with Crippen LogP contribution in [0, 0.1) is 16.7 Å². The topological polar surface area (TPSA) is 52.9 Å². The van der Waals surface area contributed by atoms with E-state index in [1.54, 1.807) is 13.8 Å². The summed E-state index contributed by atoms with van der Waals surface area (Å²) in [5.41, 5.74) is -0.918. The number of hydrogen-bond donors (Lipinski definition) is 1. The first-order chi connectivity index (χ1) is 7.47. The summed E-state index contributed by atoms with van der Waals surface area (Å²) in [6.45, 7) is 7.57. The summed E-state index contributed by atoms with van der Waals surface area (Å²) in [5.74, 6) is -0.149. The van der Waals surface area contributed by atoms with Crippen LogP contribution >= 0.6 is 0 Å². The number of rotatable bonds is 7. The molecule has 0 heterocycles. The van der Waals surface area contributed by atoms with Crippen LogP contribution < -0.4 is 5.32 Å². The number of nitrogens with one attached hydrogen (secondary N) is 1. The zero-order valence-corrected chi connectivity index (χ0v) is 11.0. The van der Waals surface area contributed by atoms with Gasteiger partial charge in [-0.05, 0) is 26.7 Å². The lowest BCUT2D eigenvalue weighted by Gasteiger charge is -2.22. The van der Waals surface area contributed by atoms with Gasteiger partial charge in [-0.15, -0.1) is 0 Å². The molecule has 0 aliphatic carbocycles. The molecule has 1 unspecified atom stereocenters. The molecule has 0 aromatic heterocycles. The second-order valence-corrected chi connectivity index (χ2v) is 4.84. The first-order valence-electron chi connectivity index (χ1n) is 6.20. The Bertz CT molecular complexity index is 253. The number of unbranched alkanes of at least 4 members (excludes halogenated alkanes) is 1. The molecule has 1 N–H and O–H groups in total. The molecule has 3 nitrogen and oxygen atoms in total. The van der Waals surface area contributed by atoms with E-state index in [2.05, 4.69) is 19.2 Å². The van der Waals surface area contributed by atoms with Crippen molar-refractivity contribution >= 4 is 5.91 Å². The maximum atomic E-state index is 11.8. The monoisotopic (exact) mass is 224 g/mol. The Kier molecular flexibility index (Phi) is 6.80. The fourth-order valence-electron chi connectivity index (χ4n) is 1.50. The Hall–Kier alpha value is -1.04. The highest BCUT2D eigenvalue weighted by molar-refractivity contribution is 5.84. The van der Waals surface area contributed by atoms with Gasteiger partial charge in [0.25, 0.3) is 0 Å². The zero-order chi connectivity index (χ0) is 12.6. The molecule has 0 aliphatic heterocycles. The summed E-state index contributed by atoms with van der Waals surface area (Å²) in [6, 6.07) is 2.26. The minimum Gasteiger partial charge on any atom is -0.352 e. The molecule has 0 aromatic carbocycles. The molecule has 0 saturated heterocycles. The third kappa shape index (κ3) is 5.16. The molecular formula is C13H24N2O. The summed E-state index contributed by atoms with van der Waals surface area (Å²) in [6.07, 6.45) is 5.32. The first kappa shape index (κ1) is 15.0. The molecule has 0 bridgehead atoms. The Labute approximate surface area is 99.2 Å². The van der Waals surface area contributed by atoms with Crippen molar-refractivity contribution in [3.63, 3.8) is 0 Å². The Morgan fingerprint density at radius 2 is 1.94 bits per heavy atom. The number of carbonyl (C=O) groups is 1. The summed E-state index contributed by atoms with van der Waals surface area (Å²) < 4.78 is 0. The molecule has 0 rings (SSSR count). The van der Waals surface area contributed by atoms with E-state index < -0.39 is 5.41 Å². The van der Waals surface area contributed by atoms with E-state index in [-0.39, 0.29) is 11.9 Å². The van der Waals surface area contributed by atoms with Crippen molar-refractivity contribution in [1.82, 2.24) is 5.32 Å². The van der Waals surface area contributed by atoms with E-state index in [0.29, 0.717) is 0 Å². The van der Waals surface area contributed by atoms with E-state index in [0.717, 1.165) is 32.1 Å². The summed E-state index contributed by atoms with van der Waals surface area (Å²) in [7, 11) is 0. The van der Waals surface area contributed by atoms with Crippen molar-refractivity contribution in [3.8, 4) is 6.07 Å². The molecule has 92 valence electrons. The van der Waals surface area contributed by atoms with Gasteiger partial charge in [-0.1, -0.05) is 33.1 Å². The third-order valence-corrected chi connectivity index (χ3v) is 2.73. The number of nitriles is 1. The van der Waals surface area contributed by atoms with E-state index in [4.69, 9.17) is 5.26 Å². The van der Waals surface area contributed by atoms with Crippen molar-refractivity contribution in [3.05, 3.63) is 0 Å². The molecule has 0 saturated carbocycles. The lowest BCUT2D eigenvalue weighted by atomic mass is 9.93. The van der Waals surface area contributed by atoms with Crippen molar-refractivity contribution in [1.29, 1.82) is 5.26 Å². The maximum Gasteiger partial charge on any atom is 0.240 e. The van der Waals surface area contributed by atoms with Gasteiger partial charge in [0.05, 0.1) is 6.07 Å². The Balaban J connectivity index is 4.29. The second-order valence-electron chi connectivity index (χ2n) is 4.84. The molecule has 1 atom stereocenters. The van der Waals surface area contributed by atoms with Gasteiger partial charge in [-0.2, -0.15) is 5.26 Å². The van der Waals surface area contributed by atoms with Crippen molar-refractivity contribution in [2.75, 3.05) is 0 Å². The zero-order valence-electron chi connectivity index (χ0n) is 11.0. The van der Waals surface area contributed by atoms with Crippen LogP contribution in [0.3, 0.4) is 0 Å². The highest BCUT2D eigenvalue weighted by atomic mass is 16.2. The minimum absolute atomic E-state index is 0.149. The molecule has 0 fully saturated rings. The highest BCUT2D eigenvalue weighted by Crippen LogP contribution is 2.15. The van der Waals surface area contributed by atoms with Gasteiger partial charge in [0.15, 0.2) is 0 Å². The van der Waals surface area contributed by atoms with Gasteiger partial charge < -0.3 is 5.32 Å². The fourth-order valence-corrected chi connectivity index (χ4v) is 1.50. The third-order valence-electron chi connectivity index (χ3n) is 2.73. The number of amides is 1. The molecule has 0 aliphatic rings. The number of carbonyl (C=O) groups excluding carboxylic acids is 1. The molecule has 0 aromatic rings. The van der Waals surface area contributed by atoms with Gasteiger partial charge in [0, 0.05) is 6.04 Å². The van der Waals surface area contributed by atoms with E-state index >= 15 is 0 Å². The van der Waals surface area contributed by atoms with Crippen LogP contribution in [-0.4, -0.2) is 11.9 Å². The smallest absolute Gasteiger partial charge is 0.240 e. The Morgan fingerprint density at radius 1 is 1.31 bits per heavy atom. The van der Waals surface area contributed by atoms with Crippen LogP contribution in [0.1, 0.15) is 59.8 Å². The number of nitrogens with zero attached hydrogens (tertiary/aromatic N) is 1. The number of hydrogen-bond acceptors (Lipinski definition) is 2. The SMILES string of the molecule is CCCCC(CCC)NC(=O)C(C)(C)C#N. The van der Waals surface area contributed by atoms with Gasteiger partial charge in [0.1, 0.15) is 5.41 Å². The van der Waals surface area contributed by atoms with Gasteiger partial charge in [-0.25, -0.2) is 0 Å². The maximum absolute atomic E-state index is 11.8. The average molecular weight is 224 g/mol. The largest absolute Gasteiger partial charge is 0.352 e. The van der Waals surface area contributed by atoms with Gasteiger partial charge >= 0.3 is 0 Å². The lowest BCUT2D eigenvalue weighted by molar-refractivity contribution is -0.127. The lowest BCUT2D eigenvalue weighted by Crippen LogP contribution is -2.42. The quantitative estimate of drug-likeness (QED) is 0.722. The standard InChI is InChI=1S/C13H24N2O/c1-5-7-9-11(8-6-2)15-12(16)13(3,4)10-14/h11H,5-9H2,1-4H3,(H,15,16). The molecule has 0 spiro atoms. The second kappa shape index (κ2) is 7.27. The van der Waals surface area contributed by atoms with Crippen molar-refractivity contribution in [2.24, 2.45) is 5.41 Å². The van der Waals surface area contributed by atoms with Gasteiger partial charge in [0.2, 0.25) is 5.91 Å². The van der Waals surface area contributed by atoms with Crippen molar-refractivity contribution < 1.29 is 4.79 Å². The average Bonchev–Trinajstić information content (AvgIpc) is 2.26. The highest BCUT2D eigenvalue weighted by Gasteiger charge is 2.28. The van der Waals surface area contributed by atoms with E-state index in [9.17, 15) is 4.79 Å². The van der Waals surface area contributed by atoms with Crippen LogP contribution in [-0.2, 0) is 4.79 Å². The normalized spacial score (nSPS) is 12.9. The molecule has 0 radical (unpaired) electrons. The van der Waals surface area contributed by atoms with E-state index in [1.165, 1.54) is 0 Å². The summed E-state index contributed by atoms with van der Waals surface area (Å²) >= 11 is 0. The van der Waals surface area contributed by atoms with Crippen LogP contribution in [0.25, 0.3) is 0 Å². The van der Waals surface area contributed by atoms with Gasteiger partial charge in [-0.3, -0.25) is 4.79 Å². The summed E-state index contributed by atoms with van der Waals surface area (Å²) in [5, 5.41) is 11.9. The summed E-state index contributed by atoms with van der Waals surface area (Å²) in [4.78, 5) is 11.8. The first-order valence-corrected chi connectivity index (χ1v) is 6.20. The molecule has 16 heavy (non-hydrogen) atoms. The molecular weight excluding hydrogens is 200 g/mol. The molecule has 1 amide bonds. The predicted octanol–water partition coefficient (Wildman–Crippen LogP) is 3.01.